The number of carbonyl (C=O) groups excluding carboxylic acids is 3. The van der Waals surface area contributed by atoms with Crippen LogP contribution in [-0.4, -0.2) is 49.7 Å². The van der Waals surface area contributed by atoms with Crippen molar-refractivity contribution in [2.75, 3.05) is 32.5 Å². The van der Waals surface area contributed by atoms with Gasteiger partial charge in [-0.3, -0.25) is 14.4 Å². The number of hydrogen-bond donors (Lipinski definition) is 2. The highest BCUT2D eigenvalue weighted by atomic mass is 16.2. The van der Waals surface area contributed by atoms with Crippen LogP contribution in [0.3, 0.4) is 0 Å². The van der Waals surface area contributed by atoms with Gasteiger partial charge in [0.1, 0.15) is 0 Å². The van der Waals surface area contributed by atoms with Crippen molar-refractivity contribution in [1.82, 2.24) is 10.2 Å². The van der Waals surface area contributed by atoms with Crippen LogP contribution in [0.1, 0.15) is 24.2 Å². The third kappa shape index (κ3) is 6.88. The molecule has 0 aliphatic rings. The Labute approximate surface area is 136 Å². The monoisotopic (exact) mass is 317 g/mol. The Morgan fingerprint density at radius 2 is 1.70 bits per heavy atom. The van der Waals surface area contributed by atoms with Crippen molar-refractivity contribution < 1.29 is 14.4 Å². The summed E-state index contributed by atoms with van der Waals surface area (Å²) in [5, 5.41) is 5.39. The van der Waals surface area contributed by atoms with E-state index in [-0.39, 0.29) is 17.6 Å². The van der Waals surface area contributed by atoms with Crippen molar-refractivity contribution in [3.8, 4) is 0 Å². The zero-order chi connectivity index (χ0) is 17.4. The number of rotatable bonds is 7. The number of amides is 2. The molecule has 0 aliphatic heterocycles. The zero-order valence-corrected chi connectivity index (χ0v) is 14.0. The number of likely N-dealkylation sites (N-methyl/N-ethyl adjacent to an activating group) is 1. The Bertz CT molecular complexity index is 604. The van der Waals surface area contributed by atoms with Gasteiger partial charge in [0.15, 0.2) is 5.78 Å². The van der Waals surface area contributed by atoms with E-state index in [9.17, 15) is 14.4 Å². The van der Waals surface area contributed by atoms with Gasteiger partial charge < -0.3 is 15.5 Å². The molecule has 0 spiro atoms. The molecule has 0 fully saturated rings. The van der Waals surface area contributed by atoms with Crippen LogP contribution < -0.4 is 10.6 Å². The fourth-order valence-corrected chi connectivity index (χ4v) is 1.73. The third-order valence-corrected chi connectivity index (χ3v) is 3.11. The molecule has 1 rings (SSSR count). The van der Waals surface area contributed by atoms with Gasteiger partial charge in [-0.05, 0) is 52.2 Å². The molecule has 1 aromatic rings. The Kier molecular flexibility index (Phi) is 7.15. The number of anilines is 1. The number of nitrogens with zero attached hydrogens (tertiary/aromatic N) is 1. The summed E-state index contributed by atoms with van der Waals surface area (Å²) in [5.41, 5.74) is 1.46. The third-order valence-electron chi connectivity index (χ3n) is 3.11. The predicted octanol–water partition coefficient (Wildman–Crippen LogP) is 1.45. The van der Waals surface area contributed by atoms with Crippen LogP contribution in [0.5, 0.6) is 0 Å². The minimum Gasteiger partial charge on any atom is -0.351 e. The highest BCUT2D eigenvalue weighted by Gasteiger charge is 2.08. The molecule has 0 unspecified atom stereocenters. The molecule has 2 amide bonds. The molecule has 124 valence electrons. The number of hydrogen-bond acceptors (Lipinski definition) is 4. The molecule has 0 atom stereocenters. The molecule has 0 saturated carbocycles. The van der Waals surface area contributed by atoms with Gasteiger partial charge >= 0.3 is 0 Å². The summed E-state index contributed by atoms with van der Waals surface area (Å²) in [6.07, 6.45) is 1.27. The van der Waals surface area contributed by atoms with Gasteiger partial charge in [0.25, 0.3) is 5.91 Å². The topological polar surface area (TPSA) is 78.5 Å². The molecule has 0 radical (unpaired) electrons. The maximum atomic E-state index is 12.0. The number of benzene rings is 1. The van der Waals surface area contributed by atoms with Crippen LogP contribution in [0.2, 0.25) is 0 Å². The molecule has 6 nitrogen and oxygen atoms in total. The van der Waals surface area contributed by atoms with Crippen LogP contribution in [0, 0.1) is 0 Å². The molecule has 2 N–H and O–H groups in total. The SMILES string of the molecule is CC(=O)c1ccc(NC(=O)/C(C)=C\C(=O)NCCN(C)C)cc1. The Morgan fingerprint density at radius 1 is 1.09 bits per heavy atom. The van der Waals surface area contributed by atoms with Gasteiger partial charge in [-0.2, -0.15) is 0 Å². The summed E-state index contributed by atoms with van der Waals surface area (Å²) in [7, 11) is 3.83. The van der Waals surface area contributed by atoms with E-state index in [4.69, 9.17) is 0 Å². The van der Waals surface area contributed by atoms with Gasteiger partial charge in [-0.25, -0.2) is 0 Å². The minimum atomic E-state index is -0.358. The van der Waals surface area contributed by atoms with E-state index in [2.05, 4.69) is 10.6 Å². The quantitative estimate of drug-likeness (QED) is 0.589. The van der Waals surface area contributed by atoms with Gasteiger partial charge in [0.05, 0.1) is 0 Å². The van der Waals surface area contributed by atoms with Crippen LogP contribution in [0.25, 0.3) is 0 Å². The fourth-order valence-electron chi connectivity index (χ4n) is 1.73. The van der Waals surface area contributed by atoms with Gasteiger partial charge in [-0.1, -0.05) is 0 Å². The van der Waals surface area contributed by atoms with Crippen molar-refractivity contribution >= 4 is 23.3 Å². The lowest BCUT2D eigenvalue weighted by molar-refractivity contribution is -0.117. The molecule has 0 bridgehead atoms. The van der Waals surface area contributed by atoms with E-state index < -0.39 is 0 Å². The first-order chi connectivity index (χ1) is 10.8. The second-order valence-electron chi connectivity index (χ2n) is 5.51. The summed E-state index contributed by atoms with van der Waals surface area (Å²) < 4.78 is 0. The average Bonchev–Trinajstić information content (AvgIpc) is 2.47. The first-order valence-electron chi connectivity index (χ1n) is 7.33. The molecular formula is C17H23N3O3. The highest BCUT2D eigenvalue weighted by Crippen LogP contribution is 2.11. The van der Waals surface area contributed by atoms with Crippen LogP contribution in [0.4, 0.5) is 5.69 Å². The van der Waals surface area contributed by atoms with Crippen molar-refractivity contribution in [3.05, 3.63) is 41.5 Å². The number of nitrogens with one attached hydrogen (secondary N) is 2. The molecule has 0 aromatic heterocycles. The number of Topliss-reactive ketones (excluding diaryl/α,β-unsaturated/α-hetero) is 1. The summed E-state index contributed by atoms with van der Waals surface area (Å²) in [5.74, 6) is -0.692. The van der Waals surface area contributed by atoms with Crippen LogP contribution in [-0.2, 0) is 9.59 Å². The summed E-state index contributed by atoms with van der Waals surface area (Å²) in [6.45, 7) is 4.30. The predicted molar refractivity (Wildman–Crippen MR) is 90.4 cm³/mol. The van der Waals surface area contributed by atoms with E-state index in [0.29, 0.717) is 23.4 Å². The lowest BCUT2D eigenvalue weighted by atomic mass is 10.1. The summed E-state index contributed by atoms with van der Waals surface area (Å²) in [6, 6.07) is 6.59. The molecule has 6 heteroatoms. The maximum absolute atomic E-state index is 12.0. The lowest BCUT2D eigenvalue weighted by Crippen LogP contribution is -2.30. The van der Waals surface area contributed by atoms with E-state index in [1.54, 1.807) is 31.2 Å². The van der Waals surface area contributed by atoms with Crippen molar-refractivity contribution in [3.63, 3.8) is 0 Å². The lowest BCUT2D eigenvalue weighted by Gasteiger charge is -2.09. The first-order valence-corrected chi connectivity index (χ1v) is 7.33. The normalized spacial score (nSPS) is 11.3. The van der Waals surface area contributed by atoms with E-state index in [1.807, 2.05) is 19.0 Å². The molecule has 0 heterocycles. The Morgan fingerprint density at radius 3 is 2.22 bits per heavy atom. The number of carbonyl (C=O) groups is 3. The fraction of sp³-hybridized carbons (Fsp3) is 0.353. The molecule has 23 heavy (non-hydrogen) atoms. The Balaban J connectivity index is 2.57. The Hall–Kier alpha value is -2.47. The van der Waals surface area contributed by atoms with Crippen LogP contribution >= 0.6 is 0 Å². The van der Waals surface area contributed by atoms with Gasteiger partial charge in [0, 0.05) is 36.0 Å². The molecule has 0 saturated heterocycles. The molecule has 0 aliphatic carbocycles. The van der Waals surface area contributed by atoms with Gasteiger partial charge in [-0.15, -0.1) is 0 Å². The second kappa shape index (κ2) is 8.85. The average molecular weight is 317 g/mol. The maximum Gasteiger partial charge on any atom is 0.251 e. The van der Waals surface area contributed by atoms with Gasteiger partial charge in [0.2, 0.25) is 5.91 Å². The zero-order valence-electron chi connectivity index (χ0n) is 14.0. The standard InChI is InChI=1S/C17H23N3O3/c1-12(11-16(22)18-9-10-20(3)4)17(23)19-15-7-5-14(6-8-15)13(2)21/h5-8,11H,9-10H2,1-4H3,(H,18,22)(H,19,23)/b12-11-. The first kappa shape index (κ1) is 18.6. The highest BCUT2D eigenvalue weighted by molar-refractivity contribution is 6.07. The van der Waals surface area contributed by atoms with Crippen LogP contribution in [0.15, 0.2) is 35.9 Å². The minimum absolute atomic E-state index is 0.0339. The summed E-state index contributed by atoms with van der Waals surface area (Å²) >= 11 is 0. The van der Waals surface area contributed by atoms with E-state index >= 15 is 0 Å². The number of ketones is 1. The van der Waals surface area contributed by atoms with E-state index in [1.165, 1.54) is 13.0 Å². The molecule has 1 aromatic carbocycles. The second-order valence-corrected chi connectivity index (χ2v) is 5.51. The summed E-state index contributed by atoms with van der Waals surface area (Å²) in [4.78, 5) is 36.8. The van der Waals surface area contributed by atoms with Crippen molar-refractivity contribution in [1.29, 1.82) is 0 Å². The largest absolute Gasteiger partial charge is 0.351 e. The van der Waals surface area contributed by atoms with Crippen molar-refractivity contribution in [2.45, 2.75) is 13.8 Å². The van der Waals surface area contributed by atoms with E-state index in [0.717, 1.165) is 6.54 Å². The smallest absolute Gasteiger partial charge is 0.251 e. The van der Waals surface area contributed by atoms with Crippen molar-refractivity contribution in [2.24, 2.45) is 0 Å². The molecular weight excluding hydrogens is 294 g/mol.